The van der Waals surface area contributed by atoms with Crippen LogP contribution in [-0.2, 0) is 19.5 Å². The Kier molecular flexibility index (Phi) is 6.85. The third-order valence-corrected chi connectivity index (χ3v) is 5.05. The van der Waals surface area contributed by atoms with Gasteiger partial charge < -0.3 is 15.1 Å². The Hall–Kier alpha value is -1.35. The van der Waals surface area contributed by atoms with E-state index >= 15 is 0 Å². The minimum absolute atomic E-state index is 0. The molecule has 0 aliphatic carbocycles. The highest BCUT2D eigenvalue weighted by molar-refractivity contribution is 14.0. The van der Waals surface area contributed by atoms with Crippen LogP contribution < -0.4 is 10.2 Å². The standard InChI is InChI=1S/C17H23N5S.HI/c1-18-16(19-10-15-12-23-17(20-15)21(2)3)22-9-8-13-6-4-5-7-14(13)11-22;/h4-7,12H,8-11H2,1-3H3,(H,18,19);1H. The van der Waals surface area contributed by atoms with Gasteiger partial charge in [0.2, 0.25) is 0 Å². The molecule has 0 bridgehead atoms. The van der Waals surface area contributed by atoms with Gasteiger partial charge >= 0.3 is 0 Å². The van der Waals surface area contributed by atoms with Crippen molar-refractivity contribution in [3.8, 4) is 0 Å². The number of fused-ring (bicyclic) bond motifs is 1. The molecule has 2 heterocycles. The smallest absolute Gasteiger partial charge is 0.194 e. The van der Waals surface area contributed by atoms with Crippen LogP contribution in [0.15, 0.2) is 34.6 Å². The van der Waals surface area contributed by atoms with Crippen LogP contribution >= 0.6 is 35.3 Å². The summed E-state index contributed by atoms with van der Waals surface area (Å²) in [4.78, 5) is 13.4. The van der Waals surface area contributed by atoms with Crippen LogP contribution in [-0.4, -0.2) is 43.5 Å². The van der Waals surface area contributed by atoms with E-state index in [-0.39, 0.29) is 24.0 Å². The van der Waals surface area contributed by atoms with E-state index in [1.165, 1.54) is 11.1 Å². The number of aromatic nitrogens is 1. The predicted octanol–water partition coefficient (Wildman–Crippen LogP) is 2.96. The molecule has 24 heavy (non-hydrogen) atoms. The van der Waals surface area contributed by atoms with E-state index in [9.17, 15) is 0 Å². The number of nitrogens with one attached hydrogen (secondary N) is 1. The zero-order chi connectivity index (χ0) is 16.2. The molecule has 0 amide bonds. The average molecular weight is 457 g/mol. The summed E-state index contributed by atoms with van der Waals surface area (Å²) in [5, 5.41) is 6.57. The van der Waals surface area contributed by atoms with E-state index in [4.69, 9.17) is 0 Å². The molecule has 0 saturated carbocycles. The number of guanidine groups is 1. The number of aliphatic imine (C=N–C) groups is 1. The van der Waals surface area contributed by atoms with Gasteiger partial charge in [0.1, 0.15) is 0 Å². The van der Waals surface area contributed by atoms with Gasteiger partial charge in [0.05, 0.1) is 12.2 Å². The van der Waals surface area contributed by atoms with Crippen LogP contribution in [0.2, 0.25) is 0 Å². The van der Waals surface area contributed by atoms with Crippen LogP contribution in [0.5, 0.6) is 0 Å². The van der Waals surface area contributed by atoms with Crippen molar-refractivity contribution >= 4 is 46.4 Å². The summed E-state index contributed by atoms with van der Waals surface area (Å²) in [5.74, 6) is 0.943. The summed E-state index contributed by atoms with van der Waals surface area (Å²) in [6.45, 7) is 2.61. The van der Waals surface area contributed by atoms with Gasteiger partial charge in [0.15, 0.2) is 11.1 Å². The molecule has 3 rings (SSSR count). The molecule has 0 saturated heterocycles. The average Bonchev–Trinajstić information content (AvgIpc) is 3.04. The molecule has 0 fully saturated rings. The SMILES string of the molecule is CN=C(NCc1csc(N(C)C)n1)N1CCc2ccccc2C1.I. The van der Waals surface area contributed by atoms with Crippen LogP contribution in [0.4, 0.5) is 5.13 Å². The zero-order valence-electron chi connectivity index (χ0n) is 14.3. The molecule has 2 aromatic rings. The van der Waals surface area contributed by atoms with E-state index in [0.717, 1.165) is 36.3 Å². The lowest BCUT2D eigenvalue weighted by Gasteiger charge is -2.31. The molecule has 0 radical (unpaired) electrons. The van der Waals surface area contributed by atoms with Gasteiger partial charge in [-0.1, -0.05) is 24.3 Å². The van der Waals surface area contributed by atoms with Crippen molar-refractivity contribution in [1.29, 1.82) is 0 Å². The van der Waals surface area contributed by atoms with E-state index < -0.39 is 0 Å². The van der Waals surface area contributed by atoms with Gasteiger partial charge in [-0.15, -0.1) is 35.3 Å². The minimum atomic E-state index is 0. The number of anilines is 1. The fraction of sp³-hybridized carbons (Fsp3) is 0.412. The van der Waals surface area contributed by atoms with Crippen molar-refractivity contribution in [2.75, 3.05) is 32.6 Å². The summed E-state index contributed by atoms with van der Waals surface area (Å²) in [7, 11) is 5.87. The summed E-state index contributed by atoms with van der Waals surface area (Å²) in [5.41, 5.74) is 3.90. The monoisotopic (exact) mass is 457 g/mol. The van der Waals surface area contributed by atoms with Crippen molar-refractivity contribution in [3.05, 3.63) is 46.5 Å². The second-order valence-electron chi connectivity index (χ2n) is 5.86. The number of thiazole rings is 1. The highest BCUT2D eigenvalue weighted by Gasteiger charge is 2.18. The van der Waals surface area contributed by atoms with Crippen LogP contribution in [0.3, 0.4) is 0 Å². The third-order valence-electron chi connectivity index (χ3n) is 3.99. The topological polar surface area (TPSA) is 43.8 Å². The molecule has 1 aromatic heterocycles. The lowest BCUT2D eigenvalue weighted by atomic mass is 10.0. The molecule has 1 aliphatic rings. The van der Waals surface area contributed by atoms with Gasteiger partial charge in [0, 0.05) is 39.6 Å². The molecule has 1 aliphatic heterocycles. The molecule has 1 N–H and O–H groups in total. The molecule has 7 heteroatoms. The highest BCUT2D eigenvalue weighted by atomic mass is 127. The molecule has 0 spiro atoms. The molecular formula is C17H24IN5S. The van der Waals surface area contributed by atoms with Gasteiger partial charge in [0.25, 0.3) is 0 Å². The van der Waals surface area contributed by atoms with Gasteiger partial charge in [-0.05, 0) is 17.5 Å². The number of benzene rings is 1. The van der Waals surface area contributed by atoms with E-state index in [1.54, 1.807) is 11.3 Å². The van der Waals surface area contributed by atoms with Gasteiger partial charge in [-0.25, -0.2) is 4.98 Å². The van der Waals surface area contributed by atoms with Crippen LogP contribution in [0.1, 0.15) is 16.8 Å². The number of nitrogens with zero attached hydrogens (tertiary/aromatic N) is 4. The van der Waals surface area contributed by atoms with E-state index in [1.807, 2.05) is 26.0 Å². The number of hydrogen-bond acceptors (Lipinski definition) is 4. The first-order valence-electron chi connectivity index (χ1n) is 7.81. The van der Waals surface area contributed by atoms with Gasteiger partial charge in [-0.2, -0.15) is 0 Å². The Morgan fingerprint density at radius 3 is 2.75 bits per heavy atom. The largest absolute Gasteiger partial charge is 0.354 e. The first-order valence-corrected chi connectivity index (χ1v) is 8.69. The molecule has 0 unspecified atom stereocenters. The van der Waals surface area contributed by atoms with E-state index in [2.05, 4.69) is 49.8 Å². The summed E-state index contributed by atoms with van der Waals surface area (Å²) >= 11 is 1.66. The van der Waals surface area contributed by atoms with Crippen molar-refractivity contribution in [2.45, 2.75) is 19.5 Å². The molecule has 0 atom stereocenters. The maximum atomic E-state index is 4.61. The molecule has 5 nitrogen and oxygen atoms in total. The Balaban J connectivity index is 0.00000208. The molecule has 130 valence electrons. The lowest BCUT2D eigenvalue weighted by molar-refractivity contribution is 0.378. The fourth-order valence-electron chi connectivity index (χ4n) is 2.76. The second-order valence-corrected chi connectivity index (χ2v) is 6.69. The third kappa shape index (κ3) is 4.38. The number of hydrogen-bond donors (Lipinski definition) is 1. The maximum Gasteiger partial charge on any atom is 0.194 e. The van der Waals surface area contributed by atoms with Crippen molar-refractivity contribution < 1.29 is 0 Å². The van der Waals surface area contributed by atoms with Crippen LogP contribution in [0, 0.1) is 0 Å². The minimum Gasteiger partial charge on any atom is -0.354 e. The quantitative estimate of drug-likeness (QED) is 0.438. The Bertz CT molecular complexity index is 698. The van der Waals surface area contributed by atoms with Crippen molar-refractivity contribution in [3.63, 3.8) is 0 Å². The normalized spacial score (nSPS) is 14.0. The Labute approximate surface area is 164 Å². The Morgan fingerprint density at radius 1 is 1.33 bits per heavy atom. The Morgan fingerprint density at radius 2 is 2.08 bits per heavy atom. The first kappa shape index (κ1) is 19.0. The summed E-state index contributed by atoms with van der Waals surface area (Å²) in [6, 6.07) is 8.65. The first-order chi connectivity index (χ1) is 11.2. The predicted molar refractivity (Wildman–Crippen MR) is 113 cm³/mol. The summed E-state index contributed by atoms with van der Waals surface area (Å²) in [6.07, 6.45) is 1.07. The zero-order valence-corrected chi connectivity index (χ0v) is 17.5. The van der Waals surface area contributed by atoms with E-state index in [0.29, 0.717) is 6.54 Å². The second kappa shape index (κ2) is 8.66. The highest BCUT2D eigenvalue weighted by Crippen LogP contribution is 2.19. The number of rotatable bonds is 3. The lowest BCUT2D eigenvalue weighted by Crippen LogP contribution is -2.43. The van der Waals surface area contributed by atoms with Crippen molar-refractivity contribution in [2.24, 2.45) is 4.99 Å². The number of halogens is 1. The van der Waals surface area contributed by atoms with Crippen molar-refractivity contribution in [1.82, 2.24) is 15.2 Å². The maximum absolute atomic E-state index is 4.61. The molecular weight excluding hydrogens is 433 g/mol. The van der Waals surface area contributed by atoms with Gasteiger partial charge in [-0.3, -0.25) is 4.99 Å². The fourth-order valence-corrected chi connectivity index (χ4v) is 3.52. The molecule has 1 aromatic carbocycles. The van der Waals surface area contributed by atoms with Crippen LogP contribution in [0.25, 0.3) is 0 Å². The summed E-state index contributed by atoms with van der Waals surface area (Å²) < 4.78 is 0.